The fourth-order valence-corrected chi connectivity index (χ4v) is 2.52. The monoisotopic (exact) mass is 263 g/mol. The van der Waals surface area contributed by atoms with Gasteiger partial charge in [-0.2, -0.15) is 0 Å². The molecule has 0 bridgehead atoms. The molecule has 3 N–H and O–H groups in total. The van der Waals surface area contributed by atoms with Crippen LogP contribution in [0.1, 0.15) is 19.8 Å². The molecule has 0 aromatic heterocycles. The largest absolute Gasteiger partial charge is 0.495 e. The van der Waals surface area contributed by atoms with Crippen LogP contribution in [0.4, 0.5) is 11.4 Å². The van der Waals surface area contributed by atoms with Crippen LogP contribution in [0, 0.1) is 5.41 Å². The predicted octanol–water partition coefficient (Wildman–Crippen LogP) is 2.42. The zero-order valence-electron chi connectivity index (χ0n) is 12.2. The fourth-order valence-electron chi connectivity index (χ4n) is 2.52. The van der Waals surface area contributed by atoms with E-state index in [1.165, 1.54) is 25.9 Å². The molecule has 1 fully saturated rings. The quantitative estimate of drug-likeness (QED) is 0.819. The van der Waals surface area contributed by atoms with Gasteiger partial charge in [-0.05, 0) is 50.5 Å². The summed E-state index contributed by atoms with van der Waals surface area (Å²) in [5.74, 6) is 0.735. The van der Waals surface area contributed by atoms with Gasteiger partial charge in [-0.1, -0.05) is 13.0 Å². The molecule has 1 aromatic rings. The van der Waals surface area contributed by atoms with Crippen LogP contribution in [0.15, 0.2) is 18.2 Å². The first-order valence-corrected chi connectivity index (χ1v) is 6.89. The highest BCUT2D eigenvalue weighted by Gasteiger charge is 2.28. The Labute approximate surface area is 115 Å². The van der Waals surface area contributed by atoms with Crippen molar-refractivity contribution in [2.75, 3.05) is 44.8 Å². The van der Waals surface area contributed by atoms with Crippen molar-refractivity contribution in [1.82, 2.24) is 4.90 Å². The van der Waals surface area contributed by atoms with E-state index in [1.54, 1.807) is 7.11 Å². The number of likely N-dealkylation sites (tertiary alicyclic amines) is 1. The van der Waals surface area contributed by atoms with Crippen molar-refractivity contribution in [3.8, 4) is 5.75 Å². The predicted molar refractivity (Wildman–Crippen MR) is 80.7 cm³/mol. The summed E-state index contributed by atoms with van der Waals surface area (Å²) in [5.41, 5.74) is 8.10. The molecule has 2 rings (SSSR count). The molecule has 0 atom stereocenters. The van der Waals surface area contributed by atoms with Gasteiger partial charge in [0.05, 0.1) is 18.5 Å². The maximum Gasteiger partial charge on any atom is 0.143 e. The Morgan fingerprint density at radius 1 is 1.37 bits per heavy atom. The average Bonchev–Trinajstić information content (AvgIpc) is 2.41. The summed E-state index contributed by atoms with van der Waals surface area (Å²) in [6, 6.07) is 5.86. The average molecular weight is 263 g/mol. The first-order chi connectivity index (χ1) is 9.04. The number of methoxy groups -OCH3 is 1. The lowest BCUT2D eigenvalue weighted by Crippen LogP contribution is -2.40. The van der Waals surface area contributed by atoms with Gasteiger partial charge in [0.2, 0.25) is 0 Å². The Bertz CT molecular complexity index is 425. The number of nitrogens with one attached hydrogen (secondary N) is 1. The standard InChI is InChI=1S/C15H25N3O/c1-15(7-9-18(2)10-8-15)11-17-12-5-4-6-13(19-3)14(12)16/h4-6,17H,7-11,16H2,1-3H3. The molecule has 1 heterocycles. The van der Waals surface area contributed by atoms with E-state index in [4.69, 9.17) is 10.5 Å². The minimum absolute atomic E-state index is 0.349. The molecule has 4 nitrogen and oxygen atoms in total. The SMILES string of the molecule is COc1cccc(NCC2(C)CCN(C)CC2)c1N. The minimum Gasteiger partial charge on any atom is -0.495 e. The molecule has 0 spiro atoms. The molecular formula is C15H25N3O. The number of nitrogens with zero attached hydrogens (tertiary/aromatic N) is 1. The summed E-state index contributed by atoms with van der Waals surface area (Å²) < 4.78 is 5.24. The first kappa shape index (κ1) is 14.0. The second kappa shape index (κ2) is 5.70. The highest BCUT2D eigenvalue weighted by Crippen LogP contribution is 2.33. The van der Waals surface area contributed by atoms with Gasteiger partial charge in [-0.25, -0.2) is 0 Å². The van der Waals surface area contributed by atoms with Crippen LogP contribution < -0.4 is 15.8 Å². The second-order valence-electron chi connectivity index (χ2n) is 5.89. The van der Waals surface area contributed by atoms with Crippen LogP contribution >= 0.6 is 0 Å². The minimum atomic E-state index is 0.349. The second-order valence-corrected chi connectivity index (χ2v) is 5.89. The maximum atomic E-state index is 6.08. The topological polar surface area (TPSA) is 50.5 Å². The van der Waals surface area contributed by atoms with E-state index < -0.39 is 0 Å². The number of nitrogens with two attached hydrogens (primary N) is 1. The van der Waals surface area contributed by atoms with Gasteiger partial charge in [-0.3, -0.25) is 0 Å². The molecule has 1 aliphatic heterocycles. The molecule has 0 unspecified atom stereocenters. The van der Waals surface area contributed by atoms with Crippen molar-refractivity contribution in [3.05, 3.63) is 18.2 Å². The molecule has 1 aliphatic rings. The molecule has 106 valence electrons. The van der Waals surface area contributed by atoms with Gasteiger partial charge >= 0.3 is 0 Å². The summed E-state index contributed by atoms with van der Waals surface area (Å²) in [5, 5.41) is 3.49. The van der Waals surface area contributed by atoms with E-state index in [0.29, 0.717) is 11.1 Å². The number of benzene rings is 1. The Balaban J connectivity index is 1.99. The van der Waals surface area contributed by atoms with Crippen molar-refractivity contribution in [3.63, 3.8) is 0 Å². The number of hydrogen-bond donors (Lipinski definition) is 2. The van der Waals surface area contributed by atoms with Gasteiger partial charge in [-0.15, -0.1) is 0 Å². The van der Waals surface area contributed by atoms with Crippen molar-refractivity contribution in [2.45, 2.75) is 19.8 Å². The molecule has 19 heavy (non-hydrogen) atoms. The number of rotatable bonds is 4. The molecular weight excluding hydrogens is 238 g/mol. The third-order valence-corrected chi connectivity index (χ3v) is 4.19. The molecule has 0 aliphatic carbocycles. The van der Waals surface area contributed by atoms with Crippen molar-refractivity contribution in [1.29, 1.82) is 0 Å². The molecule has 0 radical (unpaired) electrons. The number of anilines is 2. The highest BCUT2D eigenvalue weighted by atomic mass is 16.5. The van der Waals surface area contributed by atoms with Crippen LogP contribution in [0.2, 0.25) is 0 Å². The van der Waals surface area contributed by atoms with Gasteiger partial charge in [0, 0.05) is 6.54 Å². The summed E-state index contributed by atoms with van der Waals surface area (Å²) in [6.45, 7) is 5.65. The zero-order chi connectivity index (χ0) is 13.9. The Morgan fingerprint density at radius 3 is 2.68 bits per heavy atom. The summed E-state index contributed by atoms with van der Waals surface area (Å²) in [4.78, 5) is 2.39. The summed E-state index contributed by atoms with van der Waals surface area (Å²) in [6.07, 6.45) is 2.45. The zero-order valence-corrected chi connectivity index (χ0v) is 12.2. The van der Waals surface area contributed by atoms with E-state index in [1.807, 2.05) is 18.2 Å². The fraction of sp³-hybridized carbons (Fsp3) is 0.600. The van der Waals surface area contributed by atoms with Crippen LogP contribution in [-0.4, -0.2) is 38.7 Å². The van der Waals surface area contributed by atoms with Crippen molar-refractivity contribution in [2.24, 2.45) is 5.41 Å². The lowest BCUT2D eigenvalue weighted by Gasteiger charge is -2.38. The Morgan fingerprint density at radius 2 is 2.05 bits per heavy atom. The van der Waals surface area contributed by atoms with Crippen LogP contribution in [-0.2, 0) is 0 Å². The lowest BCUT2D eigenvalue weighted by molar-refractivity contribution is 0.150. The molecule has 1 saturated heterocycles. The summed E-state index contributed by atoms with van der Waals surface area (Å²) >= 11 is 0. The third kappa shape index (κ3) is 3.32. The van der Waals surface area contributed by atoms with E-state index in [2.05, 4.69) is 24.2 Å². The van der Waals surface area contributed by atoms with Gasteiger partial charge in [0.1, 0.15) is 5.75 Å². The number of nitrogen functional groups attached to an aromatic ring is 1. The lowest BCUT2D eigenvalue weighted by atomic mass is 9.80. The summed E-state index contributed by atoms with van der Waals surface area (Å²) in [7, 11) is 3.83. The van der Waals surface area contributed by atoms with Crippen molar-refractivity contribution < 1.29 is 4.74 Å². The third-order valence-electron chi connectivity index (χ3n) is 4.19. The molecule has 4 heteroatoms. The van der Waals surface area contributed by atoms with Gasteiger partial charge in [0.15, 0.2) is 0 Å². The molecule has 0 amide bonds. The number of ether oxygens (including phenoxy) is 1. The van der Waals surface area contributed by atoms with E-state index in [9.17, 15) is 0 Å². The highest BCUT2D eigenvalue weighted by molar-refractivity contribution is 5.72. The van der Waals surface area contributed by atoms with Crippen LogP contribution in [0.3, 0.4) is 0 Å². The van der Waals surface area contributed by atoms with Crippen LogP contribution in [0.5, 0.6) is 5.75 Å². The smallest absolute Gasteiger partial charge is 0.143 e. The Hall–Kier alpha value is -1.42. The first-order valence-electron chi connectivity index (χ1n) is 6.89. The van der Waals surface area contributed by atoms with Crippen molar-refractivity contribution >= 4 is 11.4 Å². The van der Waals surface area contributed by atoms with Crippen LogP contribution in [0.25, 0.3) is 0 Å². The number of hydrogen-bond acceptors (Lipinski definition) is 4. The normalized spacial score (nSPS) is 19.1. The number of para-hydroxylation sites is 1. The maximum absolute atomic E-state index is 6.08. The van der Waals surface area contributed by atoms with E-state index in [-0.39, 0.29) is 0 Å². The van der Waals surface area contributed by atoms with Gasteiger partial charge in [0.25, 0.3) is 0 Å². The number of piperidine rings is 1. The van der Waals surface area contributed by atoms with Gasteiger partial charge < -0.3 is 20.7 Å². The van der Waals surface area contributed by atoms with E-state index in [0.717, 1.165) is 18.0 Å². The molecule has 0 saturated carbocycles. The van der Waals surface area contributed by atoms with E-state index >= 15 is 0 Å². The Kier molecular flexibility index (Phi) is 4.20. The molecule has 1 aromatic carbocycles.